The van der Waals surface area contributed by atoms with Crippen LogP contribution >= 0.6 is 11.3 Å². The molecule has 0 saturated carbocycles. The molecule has 0 radical (unpaired) electrons. The lowest BCUT2D eigenvalue weighted by atomic mass is 9.96. The average molecular weight is 847 g/mol. The van der Waals surface area contributed by atoms with E-state index in [1.165, 1.54) is 37.0 Å². The number of para-hydroxylation sites is 2. The second-order valence-corrected chi connectivity index (χ2v) is 17.7. The fourth-order valence-electron chi connectivity index (χ4n) is 10.1. The predicted octanol–water partition coefficient (Wildman–Crippen LogP) is 16.2. The summed E-state index contributed by atoms with van der Waals surface area (Å²) in [6.07, 6.45) is 0. The van der Waals surface area contributed by atoms with Crippen LogP contribution in [0.3, 0.4) is 0 Å². The first-order valence-electron chi connectivity index (χ1n) is 21.8. The number of benzene rings is 10. The van der Waals surface area contributed by atoms with E-state index in [9.17, 15) is 0 Å². The van der Waals surface area contributed by atoms with Gasteiger partial charge in [-0.15, -0.1) is 11.3 Å². The maximum Gasteiger partial charge on any atom is 0.168 e. The standard InChI is InChI=1S/C59H34N4OS/c1-2-16-35(17-3-1)36-20-14-21-39(32-36)57-60-58(46-28-15-27-44-41-23-10-13-31-51(41)65-56(44)46)62-59(61-57)53-42-24-6-7-25-43(42)54(52-45-26-9-12-30-50(45)64-55(52)53)63-48-29-11-8-22-40(48)47-33-37-18-4-5-19-38(37)34-49(47)63/h1-34H. The van der Waals surface area contributed by atoms with E-state index in [-0.39, 0.29) is 0 Å². The number of nitrogens with zero attached hydrogens (tertiary/aromatic N) is 4. The van der Waals surface area contributed by atoms with Crippen LogP contribution in [-0.2, 0) is 0 Å². The Morgan fingerprint density at radius 3 is 1.91 bits per heavy atom. The van der Waals surface area contributed by atoms with Crippen LogP contribution in [0.4, 0.5) is 0 Å². The largest absolute Gasteiger partial charge is 0.455 e. The number of aromatic nitrogens is 4. The number of thiophene rings is 1. The first-order valence-corrected chi connectivity index (χ1v) is 22.7. The second kappa shape index (κ2) is 14.0. The molecule has 4 heterocycles. The van der Waals surface area contributed by atoms with E-state index >= 15 is 0 Å². The topological polar surface area (TPSA) is 56.7 Å². The lowest BCUT2D eigenvalue weighted by Crippen LogP contribution is -2.03. The zero-order valence-electron chi connectivity index (χ0n) is 34.7. The van der Waals surface area contributed by atoms with Crippen LogP contribution in [0, 0.1) is 0 Å². The zero-order chi connectivity index (χ0) is 42.6. The Hall–Kier alpha value is -8.45. The minimum Gasteiger partial charge on any atom is -0.455 e. The third kappa shape index (κ3) is 5.48. The molecule has 0 amide bonds. The Labute approximate surface area is 376 Å². The highest BCUT2D eigenvalue weighted by Gasteiger charge is 2.27. The van der Waals surface area contributed by atoms with Crippen LogP contribution in [0.25, 0.3) is 136 Å². The highest BCUT2D eigenvalue weighted by atomic mass is 32.1. The van der Waals surface area contributed by atoms with Gasteiger partial charge in [0.2, 0.25) is 0 Å². The Bertz CT molecular complexity index is 4260. The highest BCUT2D eigenvalue weighted by Crippen LogP contribution is 2.48. The first kappa shape index (κ1) is 36.1. The van der Waals surface area contributed by atoms with E-state index in [0.717, 1.165) is 81.9 Å². The quantitative estimate of drug-likeness (QED) is 0.173. The first-order chi connectivity index (χ1) is 32.2. The summed E-state index contributed by atoms with van der Waals surface area (Å²) in [4.78, 5) is 16.3. The molecule has 0 spiro atoms. The molecule has 4 aromatic heterocycles. The van der Waals surface area contributed by atoms with Gasteiger partial charge >= 0.3 is 0 Å². The molecule has 0 aliphatic carbocycles. The van der Waals surface area contributed by atoms with E-state index < -0.39 is 0 Å². The lowest BCUT2D eigenvalue weighted by molar-refractivity contribution is 0.670. The molecule has 0 aliphatic heterocycles. The van der Waals surface area contributed by atoms with Crippen molar-refractivity contribution in [3.63, 3.8) is 0 Å². The minimum atomic E-state index is 0.549. The molecule has 14 rings (SSSR count). The normalized spacial score (nSPS) is 12.0. The summed E-state index contributed by atoms with van der Waals surface area (Å²) in [5.74, 6) is 1.75. The number of rotatable bonds is 5. The van der Waals surface area contributed by atoms with Crippen molar-refractivity contribution in [2.45, 2.75) is 0 Å². The monoisotopic (exact) mass is 846 g/mol. The van der Waals surface area contributed by atoms with Crippen molar-refractivity contribution in [2.75, 3.05) is 0 Å². The number of hydrogen-bond acceptors (Lipinski definition) is 5. The third-order valence-corrected chi connectivity index (χ3v) is 14.2. The van der Waals surface area contributed by atoms with Gasteiger partial charge in [0.15, 0.2) is 17.5 Å². The molecule has 0 unspecified atom stereocenters. The summed E-state index contributed by atoms with van der Waals surface area (Å²) in [5.41, 5.74) is 9.76. The Balaban J connectivity index is 1.12. The average Bonchev–Trinajstić information content (AvgIpc) is 4.05. The van der Waals surface area contributed by atoms with Gasteiger partial charge in [0, 0.05) is 52.8 Å². The maximum absolute atomic E-state index is 7.15. The second-order valence-electron chi connectivity index (χ2n) is 16.7. The summed E-state index contributed by atoms with van der Waals surface area (Å²) in [7, 11) is 0. The number of hydrogen-bond donors (Lipinski definition) is 0. The molecule has 0 saturated heterocycles. The molecule has 0 atom stereocenters. The molecule has 302 valence electrons. The molecule has 0 N–H and O–H groups in total. The van der Waals surface area contributed by atoms with E-state index in [1.807, 2.05) is 12.1 Å². The molecular weight excluding hydrogens is 813 g/mol. The SMILES string of the molecule is c1ccc(-c2cccc(-c3nc(-c4c5ccccc5c(-n5c6ccccc6c6cc7ccccc7cc65)c5c4oc4ccccc45)nc(-c4cccc5c4sc4ccccc45)n3)c2)cc1. The van der Waals surface area contributed by atoms with Crippen molar-refractivity contribution in [3.8, 4) is 51.0 Å². The van der Waals surface area contributed by atoms with Crippen molar-refractivity contribution < 1.29 is 4.42 Å². The predicted molar refractivity (Wildman–Crippen MR) is 271 cm³/mol. The fourth-order valence-corrected chi connectivity index (χ4v) is 11.3. The van der Waals surface area contributed by atoms with Gasteiger partial charge in [-0.25, -0.2) is 15.0 Å². The smallest absolute Gasteiger partial charge is 0.168 e. The summed E-state index contributed by atoms with van der Waals surface area (Å²) in [6.45, 7) is 0. The van der Waals surface area contributed by atoms with Gasteiger partial charge in [-0.05, 0) is 69.8 Å². The molecule has 5 nitrogen and oxygen atoms in total. The van der Waals surface area contributed by atoms with E-state index in [1.54, 1.807) is 11.3 Å². The lowest BCUT2D eigenvalue weighted by Gasteiger charge is -2.17. The summed E-state index contributed by atoms with van der Waals surface area (Å²) >= 11 is 1.78. The van der Waals surface area contributed by atoms with Crippen LogP contribution < -0.4 is 0 Å². The number of fused-ring (bicyclic) bond motifs is 11. The Morgan fingerprint density at radius 2 is 1.03 bits per heavy atom. The van der Waals surface area contributed by atoms with E-state index in [0.29, 0.717) is 17.5 Å². The Kier molecular flexibility index (Phi) is 7.79. The van der Waals surface area contributed by atoms with Crippen LogP contribution in [0.5, 0.6) is 0 Å². The van der Waals surface area contributed by atoms with Gasteiger partial charge in [-0.3, -0.25) is 0 Å². The van der Waals surface area contributed by atoms with Gasteiger partial charge in [-0.1, -0.05) is 164 Å². The van der Waals surface area contributed by atoms with Gasteiger partial charge in [0.05, 0.1) is 27.7 Å². The molecule has 0 bridgehead atoms. The zero-order valence-corrected chi connectivity index (χ0v) is 35.6. The maximum atomic E-state index is 7.15. The van der Waals surface area contributed by atoms with Crippen LogP contribution in [-0.4, -0.2) is 19.5 Å². The molecule has 65 heavy (non-hydrogen) atoms. The van der Waals surface area contributed by atoms with Gasteiger partial charge < -0.3 is 8.98 Å². The van der Waals surface area contributed by atoms with Crippen LogP contribution in [0.2, 0.25) is 0 Å². The van der Waals surface area contributed by atoms with E-state index in [2.05, 4.69) is 199 Å². The van der Waals surface area contributed by atoms with Crippen molar-refractivity contribution in [2.24, 2.45) is 0 Å². The fraction of sp³-hybridized carbons (Fsp3) is 0. The Morgan fingerprint density at radius 1 is 0.400 bits per heavy atom. The molecule has 10 aromatic carbocycles. The van der Waals surface area contributed by atoms with Gasteiger partial charge in [-0.2, -0.15) is 0 Å². The van der Waals surface area contributed by atoms with Crippen molar-refractivity contribution in [1.29, 1.82) is 0 Å². The summed E-state index contributed by atoms with van der Waals surface area (Å²) in [5, 5.41) is 11.3. The molecule has 6 heteroatoms. The molecular formula is C59H34N4OS. The minimum absolute atomic E-state index is 0.549. The third-order valence-electron chi connectivity index (χ3n) is 13.0. The van der Waals surface area contributed by atoms with Crippen molar-refractivity contribution >= 4 is 96.8 Å². The number of furan rings is 1. The molecule has 0 fully saturated rings. The van der Waals surface area contributed by atoms with Crippen LogP contribution in [0.1, 0.15) is 0 Å². The van der Waals surface area contributed by atoms with Gasteiger partial charge in [0.1, 0.15) is 11.2 Å². The molecule has 0 aliphatic rings. The van der Waals surface area contributed by atoms with Gasteiger partial charge in [0.25, 0.3) is 0 Å². The highest BCUT2D eigenvalue weighted by molar-refractivity contribution is 7.26. The van der Waals surface area contributed by atoms with E-state index in [4.69, 9.17) is 19.4 Å². The molecule has 14 aromatic rings. The summed E-state index contributed by atoms with van der Waals surface area (Å²) < 4.78 is 12.0. The van der Waals surface area contributed by atoms with Crippen molar-refractivity contribution in [1.82, 2.24) is 19.5 Å². The van der Waals surface area contributed by atoms with Crippen LogP contribution in [0.15, 0.2) is 211 Å². The van der Waals surface area contributed by atoms with Crippen molar-refractivity contribution in [3.05, 3.63) is 206 Å². The summed E-state index contributed by atoms with van der Waals surface area (Å²) in [6, 6.07) is 73.1.